The Morgan fingerprint density at radius 1 is 1.03 bits per heavy atom. The van der Waals surface area contributed by atoms with Gasteiger partial charge in [-0.05, 0) is 11.6 Å². The molecular formula is C18H22N4O7. The molecule has 1 aromatic carbocycles. The molecule has 2 rings (SSSR count). The first-order valence-electron chi connectivity index (χ1n) is 8.69. The highest BCUT2D eigenvalue weighted by atomic mass is 16.4. The van der Waals surface area contributed by atoms with Crippen LogP contribution in [0.3, 0.4) is 0 Å². The maximum atomic E-state index is 12.5. The molecule has 0 aliphatic heterocycles. The number of nitrogens with two attached hydrogens (primary N) is 1. The lowest BCUT2D eigenvalue weighted by atomic mass is 10.0. The summed E-state index contributed by atoms with van der Waals surface area (Å²) in [6.45, 7) is -0.703. The summed E-state index contributed by atoms with van der Waals surface area (Å²) in [7, 11) is 0. The number of aliphatic carboxylic acids is 2. The van der Waals surface area contributed by atoms with Crippen molar-refractivity contribution in [1.82, 2.24) is 15.6 Å². The Bertz CT molecular complexity index is 911. The van der Waals surface area contributed by atoms with Crippen molar-refractivity contribution < 1.29 is 34.5 Å². The van der Waals surface area contributed by atoms with E-state index in [2.05, 4.69) is 15.6 Å². The fraction of sp³-hybridized carbons (Fsp3) is 0.333. The molecule has 0 aliphatic rings. The summed E-state index contributed by atoms with van der Waals surface area (Å²) in [4.78, 5) is 49.9. The molecule has 0 bridgehead atoms. The van der Waals surface area contributed by atoms with Gasteiger partial charge in [0.15, 0.2) is 0 Å². The van der Waals surface area contributed by atoms with Gasteiger partial charge in [-0.15, -0.1) is 0 Å². The number of hydrogen-bond donors (Lipinski definition) is 7. The standard InChI is InChI=1S/C18H22N4O7/c19-11(8-23)16(26)21-13(6-15(24)25)17(27)22-14(18(28)29)5-9-7-20-12-4-2-1-3-10(9)12/h1-4,7,11,13-14,20,23H,5-6,8,19H2,(H,21,26)(H,22,27)(H,24,25)(H,28,29). The first-order chi connectivity index (χ1) is 13.7. The van der Waals surface area contributed by atoms with Crippen molar-refractivity contribution in [2.45, 2.75) is 31.0 Å². The summed E-state index contributed by atoms with van der Waals surface area (Å²) in [6, 6.07) is 2.96. The van der Waals surface area contributed by atoms with Gasteiger partial charge in [0.2, 0.25) is 11.8 Å². The van der Waals surface area contributed by atoms with Gasteiger partial charge in [0, 0.05) is 23.5 Å². The second-order valence-electron chi connectivity index (χ2n) is 6.41. The average Bonchev–Trinajstić information content (AvgIpc) is 3.08. The van der Waals surface area contributed by atoms with E-state index >= 15 is 0 Å². The molecule has 1 heterocycles. The summed E-state index contributed by atoms with van der Waals surface area (Å²) < 4.78 is 0. The van der Waals surface area contributed by atoms with Crippen molar-refractivity contribution in [3.63, 3.8) is 0 Å². The van der Waals surface area contributed by atoms with Crippen molar-refractivity contribution in [2.24, 2.45) is 5.73 Å². The Hall–Kier alpha value is -3.44. The largest absolute Gasteiger partial charge is 0.481 e. The van der Waals surface area contributed by atoms with E-state index in [0.29, 0.717) is 5.56 Å². The topological polar surface area (TPSA) is 195 Å². The van der Waals surface area contributed by atoms with Crippen LogP contribution < -0.4 is 16.4 Å². The molecule has 0 spiro atoms. The normalized spacial score (nSPS) is 14.0. The average molecular weight is 406 g/mol. The lowest BCUT2D eigenvalue weighted by molar-refractivity contribution is -0.143. The van der Waals surface area contributed by atoms with E-state index in [1.165, 1.54) is 0 Å². The highest BCUT2D eigenvalue weighted by Crippen LogP contribution is 2.19. The van der Waals surface area contributed by atoms with Crippen LogP contribution in [0.4, 0.5) is 0 Å². The summed E-state index contributed by atoms with van der Waals surface area (Å²) in [5.41, 5.74) is 6.80. The second kappa shape index (κ2) is 9.66. The lowest BCUT2D eigenvalue weighted by Crippen LogP contribution is -2.56. The molecule has 0 saturated heterocycles. The van der Waals surface area contributed by atoms with Crippen LogP contribution in [0.1, 0.15) is 12.0 Å². The summed E-state index contributed by atoms with van der Waals surface area (Å²) in [5.74, 6) is -4.63. The number of benzene rings is 1. The number of fused-ring (bicyclic) bond motifs is 1. The Morgan fingerprint density at radius 2 is 1.69 bits per heavy atom. The number of aromatic nitrogens is 1. The van der Waals surface area contributed by atoms with Crippen molar-refractivity contribution in [1.29, 1.82) is 0 Å². The zero-order valence-corrected chi connectivity index (χ0v) is 15.3. The van der Waals surface area contributed by atoms with Crippen molar-refractivity contribution in [3.8, 4) is 0 Å². The van der Waals surface area contributed by atoms with Crippen LogP contribution in [-0.4, -0.2) is 68.8 Å². The van der Waals surface area contributed by atoms with Crippen LogP contribution in [0.15, 0.2) is 30.5 Å². The quantitative estimate of drug-likeness (QED) is 0.249. The van der Waals surface area contributed by atoms with Crippen LogP contribution in [-0.2, 0) is 25.6 Å². The van der Waals surface area contributed by atoms with Crippen LogP contribution in [0, 0.1) is 0 Å². The molecule has 29 heavy (non-hydrogen) atoms. The number of carbonyl (C=O) groups is 4. The summed E-state index contributed by atoms with van der Waals surface area (Å²) >= 11 is 0. The minimum Gasteiger partial charge on any atom is -0.481 e. The van der Waals surface area contributed by atoms with E-state index in [1.807, 2.05) is 12.1 Å². The van der Waals surface area contributed by atoms with Crippen LogP contribution >= 0.6 is 0 Å². The molecule has 0 radical (unpaired) electrons. The van der Waals surface area contributed by atoms with E-state index in [1.54, 1.807) is 18.3 Å². The Morgan fingerprint density at radius 3 is 2.31 bits per heavy atom. The van der Waals surface area contributed by atoms with Crippen LogP contribution in [0.5, 0.6) is 0 Å². The third kappa shape index (κ3) is 5.77. The molecule has 8 N–H and O–H groups in total. The fourth-order valence-corrected chi connectivity index (χ4v) is 2.74. The molecular weight excluding hydrogens is 384 g/mol. The summed E-state index contributed by atoms with van der Waals surface area (Å²) in [5, 5.41) is 32.5. The van der Waals surface area contributed by atoms with Gasteiger partial charge in [-0.1, -0.05) is 18.2 Å². The van der Waals surface area contributed by atoms with E-state index in [-0.39, 0.29) is 6.42 Å². The number of para-hydroxylation sites is 1. The molecule has 1 aromatic heterocycles. The molecule has 2 aromatic rings. The lowest BCUT2D eigenvalue weighted by Gasteiger charge is -2.21. The van der Waals surface area contributed by atoms with Crippen molar-refractivity contribution in [2.75, 3.05) is 6.61 Å². The molecule has 0 saturated carbocycles. The minimum atomic E-state index is -1.55. The Kier molecular flexibility index (Phi) is 7.28. The van der Waals surface area contributed by atoms with Gasteiger partial charge in [-0.2, -0.15) is 0 Å². The minimum absolute atomic E-state index is 0.0605. The summed E-state index contributed by atoms with van der Waals surface area (Å²) in [6.07, 6.45) is 0.785. The molecule has 11 heteroatoms. The van der Waals surface area contributed by atoms with Gasteiger partial charge in [0.1, 0.15) is 18.1 Å². The number of hydrogen-bond acceptors (Lipinski definition) is 6. The van der Waals surface area contributed by atoms with E-state index in [4.69, 9.17) is 15.9 Å². The number of carbonyl (C=O) groups excluding carboxylic acids is 2. The number of rotatable bonds is 10. The molecule has 0 aliphatic carbocycles. The van der Waals surface area contributed by atoms with Crippen LogP contribution in [0.25, 0.3) is 10.9 Å². The second-order valence-corrected chi connectivity index (χ2v) is 6.41. The number of aromatic amines is 1. The highest BCUT2D eigenvalue weighted by molar-refractivity contribution is 5.94. The monoisotopic (exact) mass is 406 g/mol. The maximum Gasteiger partial charge on any atom is 0.326 e. The highest BCUT2D eigenvalue weighted by Gasteiger charge is 2.30. The number of H-pyrrole nitrogens is 1. The fourth-order valence-electron chi connectivity index (χ4n) is 2.74. The van der Waals surface area contributed by atoms with E-state index in [0.717, 1.165) is 10.9 Å². The van der Waals surface area contributed by atoms with Gasteiger partial charge in [0.25, 0.3) is 0 Å². The maximum absolute atomic E-state index is 12.5. The van der Waals surface area contributed by atoms with Gasteiger partial charge in [-0.3, -0.25) is 14.4 Å². The van der Waals surface area contributed by atoms with Crippen LogP contribution in [0.2, 0.25) is 0 Å². The smallest absolute Gasteiger partial charge is 0.326 e. The predicted octanol–water partition coefficient (Wildman–Crippen LogP) is -1.44. The number of aliphatic hydroxyl groups is 1. The van der Waals surface area contributed by atoms with Gasteiger partial charge < -0.3 is 36.7 Å². The first kappa shape index (κ1) is 21.9. The number of carboxylic acids is 2. The molecule has 2 amide bonds. The molecule has 156 valence electrons. The number of carboxylic acid groups (broad SMARTS) is 2. The third-order valence-corrected chi connectivity index (χ3v) is 4.26. The van der Waals surface area contributed by atoms with Gasteiger partial charge in [-0.25, -0.2) is 4.79 Å². The van der Waals surface area contributed by atoms with Gasteiger partial charge >= 0.3 is 11.9 Å². The Balaban J connectivity index is 2.15. The van der Waals surface area contributed by atoms with Gasteiger partial charge in [0.05, 0.1) is 13.0 Å². The zero-order valence-electron chi connectivity index (χ0n) is 15.3. The molecule has 11 nitrogen and oxygen atoms in total. The molecule has 3 atom stereocenters. The SMILES string of the molecule is NC(CO)C(=O)NC(CC(=O)O)C(=O)NC(Cc1c[nH]c2ccccc12)C(=O)O. The van der Waals surface area contributed by atoms with E-state index < -0.39 is 54.9 Å². The van der Waals surface area contributed by atoms with Crippen molar-refractivity contribution in [3.05, 3.63) is 36.0 Å². The van der Waals surface area contributed by atoms with Crippen molar-refractivity contribution >= 4 is 34.7 Å². The number of nitrogens with one attached hydrogen (secondary N) is 3. The molecule has 0 fully saturated rings. The molecule has 3 unspecified atom stereocenters. The number of aliphatic hydroxyl groups excluding tert-OH is 1. The third-order valence-electron chi connectivity index (χ3n) is 4.26. The Labute approximate surface area is 164 Å². The van der Waals surface area contributed by atoms with E-state index in [9.17, 15) is 24.3 Å². The zero-order chi connectivity index (χ0) is 21.6. The number of amides is 2. The first-order valence-corrected chi connectivity index (χ1v) is 8.69. The predicted molar refractivity (Wildman–Crippen MR) is 101 cm³/mol.